The maximum absolute atomic E-state index is 10.5. The average Bonchev–Trinajstić information content (AvgIpc) is 2.51. The maximum Gasteiger partial charge on any atom is 0.305 e. The van der Waals surface area contributed by atoms with E-state index in [0.717, 1.165) is 24.3 Å². The molecule has 70 valence electrons. The van der Waals surface area contributed by atoms with Gasteiger partial charge in [0, 0.05) is 24.6 Å². The van der Waals surface area contributed by atoms with Crippen molar-refractivity contribution in [3.8, 4) is 0 Å². The lowest BCUT2D eigenvalue weighted by Gasteiger charge is -2.21. The van der Waals surface area contributed by atoms with Crippen LogP contribution in [0.3, 0.4) is 0 Å². The second-order valence-electron chi connectivity index (χ2n) is 3.15. The summed E-state index contributed by atoms with van der Waals surface area (Å²) in [5.74, 6) is 0.136. The molecule has 0 fully saturated rings. The van der Waals surface area contributed by atoms with E-state index in [9.17, 15) is 4.79 Å². The third-order valence-corrected chi connectivity index (χ3v) is 2.28. The van der Waals surface area contributed by atoms with Crippen molar-refractivity contribution in [2.45, 2.75) is 18.9 Å². The topological polar surface area (TPSA) is 62.5 Å². The monoisotopic (exact) mass is 181 g/mol. The summed E-state index contributed by atoms with van der Waals surface area (Å²) in [6, 6.07) is 1.76. The Labute approximate surface area is 75.6 Å². The SMILES string of the molecule is O=C(O)CC1NCCc2occc21. The first-order valence-corrected chi connectivity index (χ1v) is 4.29. The number of hydrogen-bond donors (Lipinski definition) is 2. The van der Waals surface area contributed by atoms with Gasteiger partial charge in [0.05, 0.1) is 12.7 Å². The van der Waals surface area contributed by atoms with Crippen LogP contribution < -0.4 is 5.32 Å². The summed E-state index contributed by atoms with van der Waals surface area (Å²) in [6.45, 7) is 0.790. The molecule has 2 heterocycles. The van der Waals surface area contributed by atoms with Crippen LogP contribution in [0.1, 0.15) is 23.8 Å². The van der Waals surface area contributed by atoms with Gasteiger partial charge >= 0.3 is 5.97 Å². The molecule has 2 N–H and O–H groups in total. The lowest BCUT2D eigenvalue weighted by atomic mass is 9.99. The number of carbonyl (C=O) groups is 1. The molecule has 1 atom stereocenters. The summed E-state index contributed by atoms with van der Waals surface area (Å²) in [6.07, 6.45) is 2.58. The number of carboxylic acids is 1. The van der Waals surface area contributed by atoms with Crippen LogP contribution in [0.5, 0.6) is 0 Å². The van der Waals surface area contributed by atoms with E-state index in [2.05, 4.69) is 5.32 Å². The van der Waals surface area contributed by atoms with Crippen molar-refractivity contribution in [2.24, 2.45) is 0 Å². The van der Waals surface area contributed by atoms with Crippen molar-refractivity contribution in [3.63, 3.8) is 0 Å². The van der Waals surface area contributed by atoms with Crippen LogP contribution in [0.4, 0.5) is 0 Å². The van der Waals surface area contributed by atoms with Crippen molar-refractivity contribution >= 4 is 5.97 Å². The highest BCUT2D eigenvalue weighted by atomic mass is 16.4. The molecule has 0 aliphatic carbocycles. The first-order valence-electron chi connectivity index (χ1n) is 4.29. The average molecular weight is 181 g/mol. The zero-order valence-electron chi connectivity index (χ0n) is 7.12. The van der Waals surface area contributed by atoms with E-state index < -0.39 is 5.97 Å². The molecule has 0 bridgehead atoms. The molecule has 1 aromatic heterocycles. The molecule has 0 amide bonds. The van der Waals surface area contributed by atoms with E-state index in [-0.39, 0.29) is 12.5 Å². The van der Waals surface area contributed by atoms with Gasteiger partial charge in [0.2, 0.25) is 0 Å². The van der Waals surface area contributed by atoms with Crippen LogP contribution >= 0.6 is 0 Å². The smallest absolute Gasteiger partial charge is 0.305 e. The third-order valence-electron chi connectivity index (χ3n) is 2.28. The maximum atomic E-state index is 10.5. The molecule has 0 saturated heterocycles. The Morgan fingerprint density at radius 2 is 2.62 bits per heavy atom. The minimum absolute atomic E-state index is 0.0833. The van der Waals surface area contributed by atoms with Crippen LogP contribution in [0.25, 0.3) is 0 Å². The van der Waals surface area contributed by atoms with Gasteiger partial charge in [0.25, 0.3) is 0 Å². The zero-order chi connectivity index (χ0) is 9.26. The first-order chi connectivity index (χ1) is 6.27. The number of nitrogens with one attached hydrogen (secondary N) is 1. The summed E-state index contributed by atoms with van der Waals surface area (Å²) in [4.78, 5) is 10.5. The van der Waals surface area contributed by atoms with Gasteiger partial charge in [-0.25, -0.2) is 0 Å². The highest BCUT2D eigenvalue weighted by Gasteiger charge is 2.23. The molecule has 0 radical (unpaired) electrons. The van der Waals surface area contributed by atoms with Gasteiger partial charge in [-0.2, -0.15) is 0 Å². The fourth-order valence-electron chi connectivity index (χ4n) is 1.69. The van der Waals surface area contributed by atoms with Crippen LogP contribution in [0.2, 0.25) is 0 Å². The van der Waals surface area contributed by atoms with E-state index in [1.165, 1.54) is 0 Å². The zero-order valence-corrected chi connectivity index (χ0v) is 7.12. The summed E-state index contributed by atoms with van der Waals surface area (Å²) in [5.41, 5.74) is 0.994. The van der Waals surface area contributed by atoms with Crippen molar-refractivity contribution in [2.75, 3.05) is 6.54 Å². The van der Waals surface area contributed by atoms with Crippen LogP contribution in [0, 0.1) is 0 Å². The predicted molar refractivity (Wildman–Crippen MR) is 45.4 cm³/mol. The number of carboxylic acid groups (broad SMARTS) is 1. The number of fused-ring (bicyclic) bond motifs is 1. The summed E-state index contributed by atoms with van der Waals surface area (Å²) in [5, 5.41) is 11.8. The molecule has 2 rings (SSSR count). The minimum atomic E-state index is -0.786. The predicted octanol–water partition coefficient (Wildman–Crippen LogP) is 0.941. The van der Waals surface area contributed by atoms with Crippen LogP contribution in [0.15, 0.2) is 16.7 Å². The van der Waals surface area contributed by atoms with E-state index in [4.69, 9.17) is 9.52 Å². The van der Waals surface area contributed by atoms with Gasteiger partial charge < -0.3 is 14.8 Å². The van der Waals surface area contributed by atoms with E-state index in [1.807, 2.05) is 6.07 Å². The second-order valence-corrected chi connectivity index (χ2v) is 3.15. The number of aliphatic carboxylic acids is 1. The summed E-state index contributed by atoms with van der Waals surface area (Å²) < 4.78 is 5.23. The number of rotatable bonds is 2. The van der Waals surface area contributed by atoms with Gasteiger partial charge in [-0.1, -0.05) is 0 Å². The largest absolute Gasteiger partial charge is 0.481 e. The Bertz CT molecular complexity index is 318. The van der Waals surface area contributed by atoms with Gasteiger partial charge in [-0.3, -0.25) is 4.79 Å². The van der Waals surface area contributed by atoms with Crippen molar-refractivity contribution < 1.29 is 14.3 Å². The summed E-state index contributed by atoms with van der Waals surface area (Å²) in [7, 11) is 0. The number of hydrogen-bond acceptors (Lipinski definition) is 3. The minimum Gasteiger partial charge on any atom is -0.481 e. The van der Waals surface area contributed by atoms with Crippen molar-refractivity contribution in [1.29, 1.82) is 0 Å². The third kappa shape index (κ3) is 1.58. The molecule has 13 heavy (non-hydrogen) atoms. The van der Waals surface area contributed by atoms with Gasteiger partial charge in [0.1, 0.15) is 5.76 Å². The number of furan rings is 1. The molecule has 0 saturated carbocycles. The van der Waals surface area contributed by atoms with Crippen molar-refractivity contribution in [3.05, 3.63) is 23.7 Å². The molecule has 0 spiro atoms. The Morgan fingerprint density at radius 3 is 3.38 bits per heavy atom. The van der Waals surface area contributed by atoms with Gasteiger partial charge in [0.15, 0.2) is 0 Å². The highest BCUT2D eigenvalue weighted by molar-refractivity contribution is 5.68. The van der Waals surface area contributed by atoms with Gasteiger partial charge in [-0.15, -0.1) is 0 Å². The molecule has 1 unspecified atom stereocenters. The normalized spacial score (nSPS) is 21.1. The van der Waals surface area contributed by atoms with Gasteiger partial charge in [-0.05, 0) is 6.07 Å². The second kappa shape index (κ2) is 3.22. The molecule has 4 nitrogen and oxygen atoms in total. The molecule has 0 aromatic carbocycles. The Kier molecular flexibility index (Phi) is 2.06. The van der Waals surface area contributed by atoms with Crippen LogP contribution in [-0.2, 0) is 11.2 Å². The lowest BCUT2D eigenvalue weighted by molar-refractivity contribution is -0.137. The molecule has 4 heteroatoms. The molecule has 1 aromatic rings. The Balaban J connectivity index is 2.20. The Hall–Kier alpha value is -1.29. The fraction of sp³-hybridized carbons (Fsp3) is 0.444. The van der Waals surface area contributed by atoms with Crippen molar-refractivity contribution in [1.82, 2.24) is 5.32 Å². The molecule has 1 aliphatic heterocycles. The van der Waals surface area contributed by atoms with E-state index in [0.29, 0.717) is 0 Å². The Morgan fingerprint density at radius 1 is 1.77 bits per heavy atom. The quantitative estimate of drug-likeness (QED) is 0.712. The molecule has 1 aliphatic rings. The molecular weight excluding hydrogens is 170 g/mol. The van der Waals surface area contributed by atoms with E-state index >= 15 is 0 Å². The highest BCUT2D eigenvalue weighted by Crippen LogP contribution is 2.25. The van der Waals surface area contributed by atoms with Crippen LogP contribution in [-0.4, -0.2) is 17.6 Å². The summed E-state index contributed by atoms with van der Waals surface area (Å²) >= 11 is 0. The molecular formula is C9H11NO3. The first kappa shape index (κ1) is 8.31. The lowest BCUT2D eigenvalue weighted by Crippen LogP contribution is -2.30. The van der Waals surface area contributed by atoms with E-state index in [1.54, 1.807) is 6.26 Å². The standard InChI is InChI=1S/C9H11NO3/c11-9(12)5-7-6-2-4-13-8(6)1-3-10-7/h2,4,7,10H,1,3,5H2,(H,11,12). The fourth-order valence-corrected chi connectivity index (χ4v) is 1.69.